The number of carbonyl (C=O) groups is 2. The number of hydrogen-bond donors (Lipinski definition) is 7. The summed E-state index contributed by atoms with van der Waals surface area (Å²) in [6.45, 7) is 10.7. The monoisotopic (exact) mass is 841 g/mol. The molecule has 0 saturated carbocycles. The van der Waals surface area contributed by atoms with Crippen LogP contribution in [0.1, 0.15) is 106 Å². The van der Waals surface area contributed by atoms with Gasteiger partial charge in [0.25, 0.3) is 0 Å². The Morgan fingerprint density at radius 2 is 1.47 bits per heavy atom. The van der Waals surface area contributed by atoms with E-state index in [9.17, 15) is 40.2 Å². The normalized spacial score (nSPS) is 30.9. The molecule has 0 aromatic rings. The van der Waals surface area contributed by atoms with Crippen LogP contribution in [0.4, 0.5) is 0 Å². The summed E-state index contributed by atoms with van der Waals surface area (Å²) in [6.07, 6.45) is 26.7. The van der Waals surface area contributed by atoms with Crippen molar-refractivity contribution in [3.05, 3.63) is 108 Å². The van der Waals surface area contributed by atoms with Gasteiger partial charge in [0.2, 0.25) is 0 Å². The maximum atomic E-state index is 13.3. The zero-order valence-corrected chi connectivity index (χ0v) is 37.0. The summed E-state index contributed by atoms with van der Waals surface area (Å²) in [5.74, 6) is -3.64. The van der Waals surface area contributed by atoms with Gasteiger partial charge in [0.05, 0.1) is 49.1 Å². The topological polar surface area (TPSA) is 194 Å². The maximum Gasteiger partial charge on any atom is 0.308 e. The van der Waals surface area contributed by atoms with Crippen molar-refractivity contribution in [1.82, 2.24) is 0 Å². The van der Waals surface area contributed by atoms with E-state index in [1.54, 1.807) is 47.0 Å². The van der Waals surface area contributed by atoms with Crippen molar-refractivity contribution in [3.8, 4) is 0 Å². The number of allylic oxidation sites excluding steroid dienone is 14. The first-order valence-corrected chi connectivity index (χ1v) is 21.5. The smallest absolute Gasteiger partial charge is 0.308 e. The number of carboxylic acids is 1. The van der Waals surface area contributed by atoms with E-state index in [1.807, 2.05) is 98.9 Å². The van der Waals surface area contributed by atoms with Crippen molar-refractivity contribution in [1.29, 1.82) is 0 Å². The highest BCUT2D eigenvalue weighted by Gasteiger charge is 2.35. The third kappa shape index (κ3) is 23.9. The second kappa shape index (κ2) is 31.2. The Kier molecular flexibility index (Phi) is 28.3. The number of esters is 1. The number of rotatable bonds is 15. The Labute approximate surface area is 359 Å². The molecular formula is C49H76O11. The molecule has 0 saturated heterocycles. The van der Waals surface area contributed by atoms with Crippen LogP contribution in [0.2, 0.25) is 0 Å². The molecule has 12 atom stereocenters. The van der Waals surface area contributed by atoms with Gasteiger partial charge >= 0.3 is 11.9 Å². The van der Waals surface area contributed by atoms with Crippen LogP contribution in [0, 0.1) is 23.7 Å². The summed E-state index contributed by atoms with van der Waals surface area (Å²) in [5.41, 5.74) is 1.61. The molecule has 0 fully saturated rings. The summed E-state index contributed by atoms with van der Waals surface area (Å²) in [5, 5.41) is 74.2. The molecule has 1 rings (SSSR count). The molecule has 7 N–H and O–H groups in total. The van der Waals surface area contributed by atoms with Gasteiger partial charge < -0.3 is 45.2 Å². The van der Waals surface area contributed by atoms with Gasteiger partial charge in [0.15, 0.2) is 0 Å². The van der Waals surface area contributed by atoms with E-state index in [0.29, 0.717) is 38.5 Å². The third-order valence-electron chi connectivity index (χ3n) is 11.1. The average molecular weight is 841 g/mol. The van der Waals surface area contributed by atoms with Crippen molar-refractivity contribution < 1.29 is 54.8 Å². The summed E-state index contributed by atoms with van der Waals surface area (Å²) in [6, 6.07) is 0. The minimum absolute atomic E-state index is 0.0389. The van der Waals surface area contributed by atoms with Crippen molar-refractivity contribution in [2.24, 2.45) is 23.7 Å². The first-order chi connectivity index (χ1) is 28.5. The predicted octanol–water partition coefficient (Wildman–Crippen LogP) is 7.41. The number of carbonyl (C=O) groups excluding carboxylic acids is 1. The molecule has 338 valence electrons. The number of aliphatic hydroxyl groups excluding tert-OH is 6. The van der Waals surface area contributed by atoms with E-state index < -0.39 is 78.8 Å². The van der Waals surface area contributed by atoms with Gasteiger partial charge in [-0.3, -0.25) is 9.59 Å². The second-order valence-electron chi connectivity index (χ2n) is 16.4. The molecule has 0 spiro atoms. The zero-order valence-electron chi connectivity index (χ0n) is 37.0. The molecule has 0 amide bonds. The highest BCUT2D eigenvalue weighted by Crippen LogP contribution is 2.28. The van der Waals surface area contributed by atoms with E-state index in [1.165, 1.54) is 0 Å². The van der Waals surface area contributed by atoms with Crippen LogP contribution >= 0.6 is 0 Å². The van der Waals surface area contributed by atoms with Crippen LogP contribution in [0.15, 0.2) is 108 Å². The number of methoxy groups -OCH3 is 1. The second-order valence-corrected chi connectivity index (χ2v) is 16.4. The van der Waals surface area contributed by atoms with Crippen molar-refractivity contribution in [3.63, 3.8) is 0 Å². The lowest BCUT2D eigenvalue weighted by Crippen LogP contribution is -2.42. The summed E-state index contributed by atoms with van der Waals surface area (Å²) in [4.78, 5) is 23.9. The van der Waals surface area contributed by atoms with E-state index in [2.05, 4.69) is 0 Å². The highest BCUT2D eigenvalue weighted by molar-refractivity contribution is 5.70. The minimum atomic E-state index is -1.25. The number of aliphatic hydroxyl groups is 6. The lowest BCUT2D eigenvalue weighted by molar-refractivity contribution is -0.159. The molecule has 1 aliphatic rings. The van der Waals surface area contributed by atoms with Gasteiger partial charge in [0, 0.05) is 37.7 Å². The van der Waals surface area contributed by atoms with E-state index >= 15 is 0 Å². The van der Waals surface area contributed by atoms with Gasteiger partial charge in [-0.25, -0.2) is 0 Å². The Hall–Kier alpha value is -3.68. The van der Waals surface area contributed by atoms with Crippen LogP contribution < -0.4 is 0 Å². The van der Waals surface area contributed by atoms with Crippen LogP contribution in [0.3, 0.4) is 0 Å². The fourth-order valence-corrected chi connectivity index (χ4v) is 6.86. The van der Waals surface area contributed by atoms with Gasteiger partial charge in [-0.15, -0.1) is 0 Å². The quantitative estimate of drug-likeness (QED) is 0.0493. The molecule has 0 radical (unpaired) electrons. The van der Waals surface area contributed by atoms with E-state index in [-0.39, 0.29) is 24.9 Å². The van der Waals surface area contributed by atoms with Crippen LogP contribution in [0.25, 0.3) is 0 Å². The Balaban J connectivity index is 2.98. The molecule has 0 aromatic heterocycles. The van der Waals surface area contributed by atoms with Gasteiger partial charge in [-0.1, -0.05) is 136 Å². The van der Waals surface area contributed by atoms with Gasteiger partial charge in [-0.2, -0.15) is 0 Å². The van der Waals surface area contributed by atoms with Gasteiger partial charge in [0.1, 0.15) is 6.10 Å². The standard InChI is InChI=1S/C49H76O11/c1-34(22-17-13-11-9-8-10-12-14-19-24-40(50)30-35(2)28-29-46(54)55)31-43(52)37(4)45-32-41(51)25-21-27-42(59-7)26-20-16-15-18-23-36(3)48(57)39(6)49(58)38(5)44(53)33-47(56)60-45/h8-20,22,30-31,36-45,48-53,57-58H,21,23-29,32-33H2,1-7H3,(H,54,55)/b9-8+,12-10+,13-11+,18-15+,19-14+,20-16-,22-17+,34-31+,35-30+/t36-,37-,38-,39+,40-,41-,42+,43+,44-,45-,48+,49-/m1/s1. The molecule has 0 aromatic carbocycles. The number of cyclic esters (lactones) is 1. The fraction of sp³-hybridized carbons (Fsp3) is 0.592. The molecule has 0 unspecified atom stereocenters. The average Bonchev–Trinajstić information content (AvgIpc) is 3.20. The maximum absolute atomic E-state index is 13.3. The molecule has 1 heterocycles. The first-order valence-electron chi connectivity index (χ1n) is 21.5. The SMILES string of the molecule is CO[C@H]1C/C=C\C=C\C[C@@H](C)[C@H](O)[C@H](C)[C@H](O)[C@H](C)[C@H](O)CC(=O)O[C@@H]([C@H](C)[C@@H](O)/C=C(C)/C=C/C=C/C=C/C=C/C=C/C[C@@H](O)/C=C(\C)CCC(=O)O)C[C@H](O)CCC1. The number of carboxylic acid groups (broad SMARTS) is 1. The van der Waals surface area contributed by atoms with Crippen molar-refractivity contribution >= 4 is 11.9 Å². The Bertz CT molecular complexity index is 1500. The zero-order chi connectivity index (χ0) is 45.0. The summed E-state index contributed by atoms with van der Waals surface area (Å²) < 4.78 is 11.5. The number of hydrogen-bond acceptors (Lipinski definition) is 10. The molecule has 0 bridgehead atoms. The highest BCUT2D eigenvalue weighted by atomic mass is 16.5. The largest absolute Gasteiger partial charge is 0.481 e. The Morgan fingerprint density at radius 1 is 0.850 bits per heavy atom. The first kappa shape index (κ1) is 54.3. The number of ether oxygens (including phenoxy) is 2. The van der Waals surface area contributed by atoms with Crippen LogP contribution in [0.5, 0.6) is 0 Å². The molecule has 60 heavy (non-hydrogen) atoms. The van der Waals surface area contributed by atoms with Crippen LogP contribution in [-0.4, -0.2) is 104 Å². The minimum Gasteiger partial charge on any atom is -0.481 e. The van der Waals surface area contributed by atoms with E-state index in [4.69, 9.17) is 14.6 Å². The number of aliphatic carboxylic acids is 1. The van der Waals surface area contributed by atoms with Gasteiger partial charge in [-0.05, 0) is 64.7 Å². The van der Waals surface area contributed by atoms with Crippen molar-refractivity contribution in [2.75, 3.05) is 7.11 Å². The Morgan fingerprint density at radius 3 is 2.10 bits per heavy atom. The summed E-state index contributed by atoms with van der Waals surface area (Å²) in [7, 11) is 1.66. The van der Waals surface area contributed by atoms with Crippen molar-refractivity contribution in [2.45, 2.75) is 155 Å². The lowest BCUT2D eigenvalue weighted by Gasteiger charge is -2.33. The fourth-order valence-electron chi connectivity index (χ4n) is 6.86. The predicted molar refractivity (Wildman–Crippen MR) is 239 cm³/mol. The summed E-state index contributed by atoms with van der Waals surface area (Å²) >= 11 is 0. The molecular weight excluding hydrogens is 765 g/mol. The van der Waals surface area contributed by atoms with E-state index in [0.717, 1.165) is 17.6 Å². The van der Waals surface area contributed by atoms with Crippen LogP contribution in [-0.2, 0) is 19.1 Å². The lowest BCUT2D eigenvalue weighted by atomic mass is 9.81. The third-order valence-corrected chi connectivity index (χ3v) is 11.1. The molecule has 11 nitrogen and oxygen atoms in total. The molecule has 0 aliphatic carbocycles. The molecule has 11 heteroatoms. The molecule has 1 aliphatic heterocycles.